The number of aliphatic hydroxyl groups excluding tert-OH is 2. The highest BCUT2D eigenvalue weighted by atomic mass is 16.3. The van der Waals surface area contributed by atoms with Crippen molar-refractivity contribution in [1.82, 2.24) is 5.32 Å². The van der Waals surface area contributed by atoms with Crippen LogP contribution in [-0.2, 0) is 4.79 Å². The van der Waals surface area contributed by atoms with Gasteiger partial charge in [0.2, 0.25) is 5.91 Å². The zero-order chi connectivity index (χ0) is 34.3. The summed E-state index contributed by atoms with van der Waals surface area (Å²) < 4.78 is 0. The summed E-state index contributed by atoms with van der Waals surface area (Å²) in [6.07, 6.45) is 54.0. The Labute approximate surface area is 291 Å². The van der Waals surface area contributed by atoms with Gasteiger partial charge in [0.05, 0.1) is 18.8 Å². The number of carbonyl (C=O) groups is 1. The van der Waals surface area contributed by atoms with Crippen LogP contribution in [0.1, 0.15) is 174 Å². The van der Waals surface area contributed by atoms with Crippen LogP contribution in [0.3, 0.4) is 0 Å². The Bertz CT molecular complexity index is 838. The fourth-order valence-corrected chi connectivity index (χ4v) is 5.50. The van der Waals surface area contributed by atoms with Gasteiger partial charge in [0, 0.05) is 6.42 Å². The standard InChI is InChI=1S/C43H75NO3/c1-3-5-7-9-11-13-15-17-19-21-22-23-25-27-29-31-33-35-37-39-43(47)44-41(40-45)42(46)38-36-34-32-30-28-26-24-20-18-16-14-12-10-8-6-4-2/h5,7,11,13,17,19,22-23,27,29,33,35,41-42,45-46H,3-4,6,8-10,12,14-16,18,20-21,24-26,28,30-32,34,36-40H2,1-2H3,(H,44,47)/b7-5-,13-11-,19-17-,23-22-,29-27-,35-33-. The fourth-order valence-electron chi connectivity index (χ4n) is 5.50. The van der Waals surface area contributed by atoms with Gasteiger partial charge in [0.1, 0.15) is 0 Å². The summed E-state index contributed by atoms with van der Waals surface area (Å²) in [5, 5.41) is 23.0. The Morgan fingerprint density at radius 3 is 1.28 bits per heavy atom. The van der Waals surface area contributed by atoms with E-state index in [1.54, 1.807) is 0 Å². The first-order valence-corrected chi connectivity index (χ1v) is 19.6. The van der Waals surface area contributed by atoms with E-state index in [1.807, 2.05) is 6.08 Å². The van der Waals surface area contributed by atoms with Crippen molar-refractivity contribution in [3.63, 3.8) is 0 Å². The van der Waals surface area contributed by atoms with Crippen LogP contribution >= 0.6 is 0 Å². The van der Waals surface area contributed by atoms with Crippen LogP contribution < -0.4 is 5.32 Å². The van der Waals surface area contributed by atoms with Crippen molar-refractivity contribution in [2.24, 2.45) is 0 Å². The third-order valence-corrected chi connectivity index (χ3v) is 8.50. The molecule has 4 heteroatoms. The molecule has 4 nitrogen and oxygen atoms in total. The van der Waals surface area contributed by atoms with Gasteiger partial charge in [-0.3, -0.25) is 4.79 Å². The molecule has 0 bridgehead atoms. The van der Waals surface area contributed by atoms with Gasteiger partial charge in [0.15, 0.2) is 0 Å². The first kappa shape index (κ1) is 44.8. The largest absolute Gasteiger partial charge is 0.394 e. The van der Waals surface area contributed by atoms with Crippen molar-refractivity contribution < 1.29 is 15.0 Å². The Balaban J connectivity index is 3.72. The van der Waals surface area contributed by atoms with Crippen LogP contribution in [0.15, 0.2) is 72.9 Å². The van der Waals surface area contributed by atoms with Crippen LogP contribution in [0, 0.1) is 0 Å². The number of unbranched alkanes of at least 4 members (excludes halogenated alkanes) is 15. The highest BCUT2D eigenvalue weighted by Gasteiger charge is 2.19. The van der Waals surface area contributed by atoms with Crippen LogP contribution in [0.5, 0.6) is 0 Å². The normalized spacial score (nSPS) is 13.9. The number of hydrogen-bond acceptors (Lipinski definition) is 3. The summed E-state index contributed by atoms with van der Waals surface area (Å²) in [6.45, 7) is 4.20. The first-order valence-electron chi connectivity index (χ1n) is 19.6. The number of hydrogen-bond donors (Lipinski definition) is 3. The van der Waals surface area contributed by atoms with Crippen molar-refractivity contribution in [1.29, 1.82) is 0 Å². The predicted molar refractivity (Wildman–Crippen MR) is 207 cm³/mol. The van der Waals surface area contributed by atoms with Crippen LogP contribution in [-0.4, -0.2) is 34.9 Å². The van der Waals surface area contributed by atoms with Gasteiger partial charge < -0.3 is 15.5 Å². The molecule has 0 rings (SSSR count). The smallest absolute Gasteiger partial charge is 0.220 e. The van der Waals surface area contributed by atoms with Gasteiger partial charge in [0.25, 0.3) is 0 Å². The van der Waals surface area contributed by atoms with E-state index in [-0.39, 0.29) is 12.5 Å². The molecule has 0 radical (unpaired) electrons. The first-order chi connectivity index (χ1) is 23.2. The number of nitrogens with one attached hydrogen (secondary N) is 1. The van der Waals surface area contributed by atoms with E-state index in [1.165, 1.54) is 89.9 Å². The molecule has 0 aromatic heterocycles. The molecule has 0 aliphatic carbocycles. The maximum absolute atomic E-state index is 12.3. The second kappa shape index (κ2) is 38.3. The summed E-state index contributed by atoms with van der Waals surface area (Å²) in [6, 6.07) is -0.580. The van der Waals surface area contributed by atoms with Crippen LogP contribution in [0.25, 0.3) is 0 Å². The van der Waals surface area contributed by atoms with Crippen molar-refractivity contribution in [3.8, 4) is 0 Å². The van der Waals surface area contributed by atoms with E-state index in [0.29, 0.717) is 19.3 Å². The number of aliphatic hydroxyl groups is 2. The quantitative estimate of drug-likeness (QED) is 0.0478. The van der Waals surface area contributed by atoms with E-state index in [0.717, 1.165) is 51.4 Å². The number of rotatable bonds is 34. The van der Waals surface area contributed by atoms with Gasteiger partial charge in [-0.15, -0.1) is 0 Å². The van der Waals surface area contributed by atoms with E-state index < -0.39 is 12.1 Å². The number of carbonyl (C=O) groups excluding carboxylic acids is 1. The molecule has 0 spiro atoms. The molecule has 47 heavy (non-hydrogen) atoms. The maximum Gasteiger partial charge on any atom is 0.220 e. The Kier molecular flexibility index (Phi) is 36.5. The minimum absolute atomic E-state index is 0.116. The van der Waals surface area contributed by atoms with E-state index in [2.05, 4.69) is 86.0 Å². The Morgan fingerprint density at radius 2 is 0.894 bits per heavy atom. The van der Waals surface area contributed by atoms with Crippen LogP contribution in [0.4, 0.5) is 0 Å². The number of allylic oxidation sites excluding steroid dienone is 12. The molecule has 0 aromatic carbocycles. The van der Waals surface area contributed by atoms with Gasteiger partial charge in [-0.05, 0) is 51.4 Å². The maximum atomic E-state index is 12.3. The molecule has 2 unspecified atom stereocenters. The van der Waals surface area contributed by atoms with Crippen molar-refractivity contribution in [3.05, 3.63) is 72.9 Å². The van der Waals surface area contributed by atoms with E-state index >= 15 is 0 Å². The molecule has 0 heterocycles. The van der Waals surface area contributed by atoms with Crippen molar-refractivity contribution in [2.45, 2.75) is 187 Å². The molecular formula is C43H75NO3. The summed E-state index contributed by atoms with van der Waals surface area (Å²) in [5.74, 6) is -0.116. The molecule has 0 saturated carbocycles. The zero-order valence-electron chi connectivity index (χ0n) is 30.8. The lowest BCUT2D eigenvalue weighted by Crippen LogP contribution is -2.45. The lowest BCUT2D eigenvalue weighted by molar-refractivity contribution is -0.123. The molecule has 0 aliphatic rings. The molecule has 2 atom stereocenters. The SMILES string of the molecule is CC/C=C\C/C=C\C/C=C\C/C=C\C/C=C\C/C=C\CCC(=O)NC(CO)C(O)CCCCCCCCCCCCCCCCCC. The summed E-state index contributed by atoms with van der Waals surface area (Å²) in [7, 11) is 0. The third kappa shape index (κ3) is 35.0. The summed E-state index contributed by atoms with van der Waals surface area (Å²) >= 11 is 0. The highest BCUT2D eigenvalue weighted by molar-refractivity contribution is 5.76. The predicted octanol–water partition coefficient (Wildman–Crippen LogP) is 12.0. The monoisotopic (exact) mass is 654 g/mol. The number of amides is 1. The van der Waals surface area contributed by atoms with Gasteiger partial charge in [-0.25, -0.2) is 0 Å². The average molecular weight is 654 g/mol. The molecule has 0 fully saturated rings. The van der Waals surface area contributed by atoms with Crippen LogP contribution in [0.2, 0.25) is 0 Å². The van der Waals surface area contributed by atoms with Gasteiger partial charge in [-0.2, -0.15) is 0 Å². The van der Waals surface area contributed by atoms with Crippen molar-refractivity contribution in [2.75, 3.05) is 6.61 Å². The summed E-state index contributed by atoms with van der Waals surface area (Å²) in [5.41, 5.74) is 0. The third-order valence-electron chi connectivity index (χ3n) is 8.50. The molecule has 270 valence electrons. The highest BCUT2D eigenvalue weighted by Crippen LogP contribution is 2.15. The van der Waals surface area contributed by atoms with Gasteiger partial charge >= 0.3 is 0 Å². The van der Waals surface area contributed by atoms with E-state index in [9.17, 15) is 15.0 Å². The second-order valence-corrected chi connectivity index (χ2v) is 13.0. The van der Waals surface area contributed by atoms with E-state index in [4.69, 9.17) is 0 Å². The molecule has 3 N–H and O–H groups in total. The minimum atomic E-state index is -0.693. The summed E-state index contributed by atoms with van der Waals surface area (Å²) in [4.78, 5) is 12.3. The Hall–Kier alpha value is -2.17. The molecule has 0 aliphatic heterocycles. The Morgan fingerprint density at radius 1 is 0.532 bits per heavy atom. The zero-order valence-corrected chi connectivity index (χ0v) is 30.8. The second-order valence-electron chi connectivity index (χ2n) is 13.0. The minimum Gasteiger partial charge on any atom is -0.394 e. The lowest BCUT2D eigenvalue weighted by Gasteiger charge is -2.22. The molecule has 0 saturated heterocycles. The molecule has 0 aromatic rings. The lowest BCUT2D eigenvalue weighted by atomic mass is 10.0. The topological polar surface area (TPSA) is 69.6 Å². The molecular weight excluding hydrogens is 578 g/mol. The fraction of sp³-hybridized carbons (Fsp3) is 0.698. The molecule has 1 amide bonds. The van der Waals surface area contributed by atoms with Gasteiger partial charge in [-0.1, -0.05) is 189 Å². The van der Waals surface area contributed by atoms with Crippen molar-refractivity contribution >= 4 is 5.91 Å². The average Bonchev–Trinajstić information content (AvgIpc) is 3.07.